The summed E-state index contributed by atoms with van der Waals surface area (Å²) < 4.78 is 22.4. The van der Waals surface area contributed by atoms with E-state index in [9.17, 15) is 9.59 Å². The highest BCUT2D eigenvalue weighted by Crippen LogP contribution is 2.49. The maximum Gasteiger partial charge on any atom is 0.315 e. The summed E-state index contributed by atoms with van der Waals surface area (Å²) in [6.07, 6.45) is 0.827. The molecule has 0 radical (unpaired) electrons. The monoisotopic (exact) mass is 505 g/mol. The first-order valence-electron chi connectivity index (χ1n) is 12.6. The molecule has 196 valence electrons. The number of hydrogen-bond donors (Lipinski definition) is 1. The molecule has 0 saturated carbocycles. The fraction of sp³-hybridized carbons (Fsp3) is 0.400. The quantitative estimate of drug-likeness (QED) is 0.489. The summed E-state index contributed by atoms with van der Waals surface area (Å²) in [5, 5.41) is 3.32. The summed E-state index contributed by atoms with van der Waals surface area (Å²) >= 11 is 0. The van der Waals surface area contributed by atoms with Crippen LogP contribution in [-0.2, 0) is 14.3 Å². The normalized spacial score (nSPS) is 21.3. The first-order valence-corrected chi connectivity index (χ1v) is 12.6. The van der Waals surface area contributed by atoms with E-state index in [-0.39, 0.29) is 24.4 Å². The second-order valence-electron chi connectivity index (χ2n) is 9.60. The van der Waals surface area contributed by atoms with Crippen molar-refractivity contribution in [3.05, 3.63) is 77.1 Å². The van der Waals surface area contributed by atoms with E-state index in [1.165, 1.54) is 0 Å². The fourth-order valence-electron chi connectivity index (χ4n) is 5.34. The van der Waals surface area contributed by atoms with E-state index in [0.717, 1.165) is 16.8 Å². The Labute approximate surface area is 218 Å². The number of carbonyl (C=O) groups is 2. The average Bonchev–Trinajstić information content (AvgIpc) is 2.87. The van der Waals surface area contributed by atoms with E-state index in [2.05, 4.69) is 11.9 Å². The van der Waals surface area contributed by atoms with Gasteiger partial charge in [0, 0.05) is 34.9 Å². The minimum atomic E-state index is -0.753. The molecule has 1 aliphatic carbocycles. The highest BCUT2D eigenvalue weighted by molar-refractivity contribution is 6.01. The number of ether oxygens (including phenoxy) is 4. The van der Waals surface area contributed by atoms with E-state index >= 15 is 0 Å². The number of benzene rings is 2. The standard InChI is InChI=1S/C30H35NO6/c1-7-36-30(33)27-18(4)31-22-14-20(19-12-13-25(34-5)26(16-19)35-6)15-23(32)29(22)28(27)21-10-8-9-11-24(21)37-17(2)3/h8-13,16-17,20,27-28,31H,4,7,14-15H2,1-3,5-6H3. The van der Waals surface area contributed by atoms with Gasteiger partial charge in [0.1, 0.15) is 11.7 Å². The van der Waals surface area contributed by atoms with Gasteiger partial charge in [0.05, 0.1) is 26.9 Å². The molecule has 2 aromatic carbocycles. The molecule has 0 saturated heterocycles. The third kappa shape index (κ3) is 5.22. The number of hydrogen-bond acceptors (Lipinski definition) is 7. The van der Waals surface area contributed by atoms with Gasteiger partial charge in [-0.25, -0.2) is 0 Å². The molecule has 2 aliphatic rings. The summed E-state index contributed by atoms with van der Waals surface area (Å²) in [6, 6.07) is 13.3. The summed E-state index contributed by atoms with van der Waals surface area (Å²) in [5.74, 6) is 0.102. The number of ketones is 1. The van der Waals surface area contributed by atoms with Gasteiger partial charge >= 0.3 is 5.97 Å². The Kier molecular flexibility index (Phi) is 7.91. The van der Waals surface area contributed by atoms with Crippen LogP contribution >= 0.6 is 0 Å². The zero-order valence-corrected chi connectivity index (χ0v) is 22.1. The molecule has 1 N–H and O–H groups in total. The number of methoxy groups -OCH3 is 2. The van der Waals surface area contributed by atoms with Crippen LogP contribution in [0.3, 0.4) is 0 Å². The maximum atomic E-state index is 13.9. The van der Waals surface area contributed by atoms with Crippen molar-refractivity contribution in [2.75, 3.05) is 20.8 Å². The van der Waals surface area contributed by atoms with Crippen LogP contribution in [0.5, 0.6) is 17.2 Å². The molecule has 0 bridgehead atoms. The van der Waals surface area contributed by atoms with Crippen LogP contribution < -0.4 is 19.5 Å². The molecule has 0 amide bonds. The van der Waals surface area contributed by atoms with Gasteiger partial charge in [-0.05, 0) is 56.9 Å². The Morgan fingerprint density at radius 1 is 1.05 bits per heavy atom. The van der Waals surface area contributed by atoms with Gasteiger partial charge in [0.15, 0.2) is 17.3 Å². The maximum absolute atomic E-state index is 13.9. The largest absolute Gasteiger partial charge is 0.493 e. The van der Waals surface area contributed by atoms with E-state index in [1.807, 2.05) is 56.3 Å². The molecule has 3 atom stereocenters. The number of carbonyl (C=O) groups excluding carboxylic acids is 2. The topological polar surface area (TPSA) is 83.1 Å². The second kappa shape index (κ2) is 11.1. The van der Waals surface area contributed by atoms with Crippen molar-refractivity contribution in [2.45, 2.75) is 51.6 Å². The summed E-state index contributed by atoms with van der Waals surface area (Å²) in [5.41, 5.74) is 3.66. The first-order chi connectivity index (χ1) is 17.8. The van der Waals surface area contributed by atoms with Crippen LogP contribution in [0.25, 0.3) is 0 Å². The van der Waals surface area contributed by atoms with Crippen LogP contribution in [0.4, 0.5) is 0 Å². The Morgan fingerprint density at radius 2 is 1.78 bits per heavy atom. The van der Waals surface area contributed by atoms with Gasteiger partial charge in [-0.3, -0.25) is 9.59 Å². The molecule has 1 aliphatic heterocycles. The highest BCUT2D eigenvalue weighted by Gasteiger charge is 2.46. The predicted octanol–water partition coefficient (Wildman–Crippen LogP) is 5.27. The molecule has 7 nitrogen and oxygen atoms in total. The highest BCUT2D eigenvalue weighted by atomic mass is 16.5. The number of para-hydroxylation sites is 1. The van der Waals surface area contributed by atoms with Crippen molar-refractivity contribution in [2.24, 2.45) is 5.92 Å². The number of allylic oxidation sites excluding steroid dienone is 2. The number of rotatable bonds is 8. The minimum absolute atomic E-state index is 0.0142. The lowest BCUT2D eigenvalue weighted by atomic mass is 9.69. The van der Waals surface area contributed by atoms with Crippen molar-refractivity contribution < 1.29 is 28.5 Å². The lowest BCUT2D eigenvalue weighted by Crippen LogP contribution is -2.42. The zero-order valence-electron chi connectivity index (χ0n) is 22.1. The molecule has 0 aromatic heterocycles. The van der Waals surface area contributed by atoms with E-state index in [1.54, 1.807) is 21.1 Å². The van der Waals surface area contributed by atoms with Crippen LogP contribution in [0, 0.1) is 5.92 Å². The molecule has 0 fully saturated rings. The van der Waals surface area contributed by atoms with Crippen LogP contribution in [-0.4, -0.2) is 38.7 Å². The number of Topliss-reactive ketones (excluding diaryl/α,β-unsaturated/α-hetero) is 1. The average molecular weight is 506 g/mol. The molecule has 2 aromatic rings. The molecule has 3 unspecified atom stereocenters. The smallest absolute Gasteiger partial charge is 0.315 e. The molecule has 0 spiro atoms. The molecule has 7 heteroatoms. The van der Waals surface area contributed by atoms with Crippen LogP contribution in [0.2, 0.25) is 0 Å². The Hall–Kier alpha value is -3.74. The molecule has 37 heavy (non-hydrogen) atoms. The first kappa shape index (κ1) is 26.3. The lowest BCUT2D eigenvalue weighted by Gasteiger charge is -2.40. The van der Waals surface area contributed by atoms with Crippen molar-refractivity contribution in [1.82, 2.24) is 5.32 Å². The third-order valence-electron chi connectivity index (χ3n) is 6.88. The van der Waals surface area contributed by atoms with Crippen molar-refractivity contribution in [3.8, 4) is 17.2 Å². The van der Waals surface area contributed by atoms with Gasteiger partial charge in [-0.2, -0.15) is 0 Å². The van der Waals surface area contributed by atoms with Crippen molar-refractivity contribution in [1.29, 1.82) is 0 Å². The molecule has 4 rings (SSSR count). The summed E-state index contributed by atoms with van der Waals surface area (Å²) in [7, 11) is 3.19. The van der Waals surface area contributed by atoms with E-state index in [4.69, 9.17) is 18.9 Å². The SMILES string of the molecule is C=C1NC2=C(C(=O)CC(c3ccc(OC)c(OC)c3)C2)C(c2ccccc2OC(C)C)C1C(=O)OCC. The van der Waals surface area contributed by atoms with Crippen LogP contribution in [0.15, 0.2) is 66.0 Å². The van der Waals surface area contributed by atoms with Gasteiger partial charge in [-0.15, -0.1) is 0 Å². The van der Waals surface area contributed by atoms with Gasteiger partial charge < -0.3 is 24.3 Å². The van der Waals surface area contributed by atoms with Crippen LogP contribution in [0.1, 0.15) is 56.6 Å². The summed E-state index contributed by atoms with van der Waals surface area (Å²) in [4.78, 5) is 27.1. The molecular weight excluding hydrogens is 470 g/mol. The number of esters is 1. The molecule has 1 heterocycles. The Morgan fingerprint density at radius 3 is 2.46 bits per heavy atom. The minimum Gasteiger partial charge on any atom is -0.493 e. The van der Waals surface area contributed by atoms with E-state index in [0.29, 0.717) is 41.4 Å². The van der Waals surface area contributed by atoms with Gasteiger partial charge in [0.25, 0.3) is 0 Å². The second-order valence-corrected chi connectivity index (χ2v) is 9.60. The summed E-state index contributed by atoms with van der Waals surface area (Å²) in [6.45, 7) is 10.1. The fourth-order valence-corrected chi connectivity index (χ4v) is 5.34. The Bertz CT molecular complexity index is 1230. The predicted molar refractivity (Wildman–Crippen MR) is 141 cm³/mol. The lowest BCUT2D eigenvalue weighted by molar-refractivity contribution is -0.147. The van der Waals surface area contributed by atoms with Gasteiger partial charge in [0.2, 0.25) is 0 Å². The van der Waals surface area contributed by atoms with E-state index < -0.39 is 17.8 Å². The zero-order chi connectivity index (χ0) is 26.7. The van der Waals surface area contributed by atoms with Crippen molar-refractivity contribution >= 4 is 11.8 Å². The third-order valence-corrected chi connectivity index (χ3v) is 6.88. The Balaban J connectivity index is 1.81. The molecular formula is C30H35NO6. The van der Waals surface area contributed by atoms with Crippen molar-refractivity contribution in [3.63, 3.8) is 0 Å². The van der Waals surface area contributed by atoms with Gasteiger partial charge in [-0.1, -0.05) is 30.8 Å². The number of nitrogens with one attached hydrogen (secondary N) is 1.